The van der Waals surface area contributed by atoms with E-state index in [-0.39, 0.29) is 19.1 Å². The molecule has 1 fully saturated rings. The van der Waals surface area contributed by atoms with Crippen molar-refractivity contribution in [1.29, 1.82) is 0 Å². The highest BCUT2D eigenvalue weighted by Gasteiger charge is 2.49. The molecule has 0 spiro atoms. The number of carbonyl (C=O) groups is 2. The molecule has 3 amide bonds. The molecule has 2 N–H and O–H groups in total. The van der Waals surface area contributed by atoms with Crippen molar-refractivity contribution in [2.75, 3.05) is 13.2 Å². The van der Waals surface area contributed by atoms with Crippen molar-refractivity contribution in [3.63, 3.8) is 0 Å². The number of ether oxygens (including phenoxy) is 1. The first-order valence-corrected chi connectivity index (χ1v) is 9.83. The Kier molecular flexibility index (Phi) is 5.94. The number of imide groups is 1. The molecule has 1 aliphatic heterocycles. The highest BCUT2D eigenvalue weighted by atomic mass is 16.5. The van der Waals surface area contributed by atoms with Crippen molar-refractivity contribution in [2.45, 2.75) is 45.3 Å². The zero-order chi connectivity index (χ0) is 21.2. The van der Waals surface area contributed by atoms with Gasteiger partial charge in [-0.2, -0.15) is 0 Å². The lowest BCUT2D eigenvalue weighted by Gasteiger charge is -2.23. The zero-order valence-electron chi connectivity index (χ0n) is 17.3. The number of amides is 3. The Morgan fingerprint density at radius 3 is 2.28 bits per heavy atom. The number of carbonyl (C=O) groups excluding carboxylic acids is 2. The molecule has 0 bridgehead atoms. The van der Waals surface area contributed by atoms with Gasteiger partial charge in [0.1, 0.15) is 24.0 Å². The third-order valence-corrected chi connectivity index (χ3v) is 5.29. The molecule has 2 atom stereocenters. The number of β-amino-alcohol motifs (C(OH)–C–C–N with tert-alkyl or cyclic N) is 1. The first-order valence-electron chi connectivity index (χ1n) is 9.83. The number of hydrogen-bond acceptors (Lipinski definition) is 4. The maximum Gasteiger partial charge on any atom is 0.325 e. The van der Waals surface area contributed by atoms with Gasteiger partial charge in [-0.15, -0.1) is 0 Å². The number of hydrogen-bond donors (Lipinski definition) is 2. The molecule has 6 heteroatoms. The van der Waals surface area contributed by atoms with Gasteiger partial charge in [-0.25, -0.2) is 4.79 Å². The van der Waals surface area contributed by atoms with E-state index in [4.69, 9.17) is 4.74 Å². The Hall–Kier alpha value is -2.86. The summed E-state index contributed by atoms with van der Waals surface area (Å²) in [7, 11) is 0. The molecule has 1 heterocycles. The minimum Gasteiger partial charge on any atom is -0.491 e. The lowest BCUT2D eigenvalue weighted by molar-refractivity contribution is -0.132. The number of urea groups is 1. The molecular formula is C23H28N2O4. The van der Waals surface area contributed by atoms with E-state index in [0.29, 0.717) is 17.2 Å². The van der Waals surface area contributed by atoms with E-state index in [1.54, 1.807) is 6.92 Å². The van der Waals surface area contributed by atoms with Crippen molar-refractivity contribution in [3.8, 4) is 5.75 Å². The molecule has 154 valence electrons. The van der Waals surface area contributed by atoms with Gasteiger partial charge in [-0.1, -0.05) is 55.8 Å². The Labute approximate surface area is 171 Å². The Morgan fingerprint density at radius 2 is 1.69 bits per heavy atom. The van der Waals surface area contributed by atoms with Crippen LogP contribution in [0.3, 0.4) is 0 Å². The Morgan fingerprint density at radius 1 is 1.07 bits per heavy atom. The van der Waals surface area contributed by atoms with Crippen molar-refractivity contribution in [1.82, 2.24) is 10.2 Å². The van der Waals surface area contributed by atoms with Gasteiger partial charge >= 0.3 is 6.03 Å². The number of nitrogens with zero attached hydrogens (tertiary/aromatic N) is 1. The Balaban J connectivity index is 1.65. The van der Waals surface area contributed by atoms with E-state index in [2.05, 4.69) is 19.2 Å². The van der Waals surface area contributed by atoms with E-state index in [1.165, 1.54) is 0 Å². The quantitative estimate of drug-likeness (QED) is 0.704. The third kappa shape index (κ3) is 4.43. The number of nitrogens with one attached hydrogen (secondary N) is 1. The van der Waals surface area contributed by atoms with Crippen LogP contribution in [-0.4, -0.2) is 41.2 Å². The molecule has 0 radical (unpaired) electrons. The summed E-state index contributed by atoms with van der Waals surface area (Å²) < 4.78 is 5.56. The summed E-state index contributed by atoms with van der Waals surface area (Å²) in [5, 5.41) is 13.1. The highest BCUT2D eigenvalue weighted by molar-refractivity contribution is 6.07. The number of aliphatic hydroxyl groups is 1. The van der Waals surface area contributed by atoms with Crippen LogP contribution in [0.4, 0.5) is 4.79 Å². The number of rotatable bonds is 7. The van der Waals surface area contributed by atoms with Crippen LogP contribution < -0.4 is 10.1 Å². The fraction of sp³-hybridized carbons (Fsp3) is 0.391. The van der Waals surface area contributed by atoms with Gasteiger partial charge in [-0.05, 0) is 43.0 Å². The predicted octanol–water partition coefficient (Wildman–Crippen LogP) is 3.33. The van der Waals surface area contributed by atoms with Crippen molar-refractivity contribution in [3.05, 3.63) is 65.2 Å². The first-order chi connectivity index (χ1) is 13.7. The normalized spacial score (nSPS) is 20.1. The highest BCUT2D eigenvalue weighted by Crippen LogP contribution is 2.30. The summed E-state index contributed by atoms with van der Waals surface area (Å²) in [5.74, 6) is 0.627. The minimum absolute atomic E-state index is 0.0140. The van der Waals surface area contributed by atoms with Gasteiger partial charge in [0, 0.05) is 0 Å². The molecule has 1 aliphatic rings. The molecule has 6 nitrogen and oxygen atoms in total. The molecule has 2 aromatic rings. The van der Waals surface area contributed by atoms with Crippen LogP contribution in [0.5, 0.6) is 5.75 Å². The first kappa shape index (κ1) is 20.9. The minimum atomic E-state index is -1.15. The van der Waals surface area contributed by atoms with E-state index in [9.17, 15) is 14.7 Å². The second-order valence-corrected chi connectivity index (χ2v) is 8.03. The van der Waals surface area contributed by atoms with E-state index in [0.717, 1.165) is 16.0 Å². The van der Waals surface area contributed by atoms with Crippen molar-refractivity contribution >= 4 is 11.9 Å². The average molecular weight is 396 g/mol. The molecule has 3 rings (SSSR count). The van der Waals surface area contributed by atoms with Crippen molar-refractivity contribution < 1.29 is 19.4 Å². The molecule has 0 saturated carbocycles. The van der Waals surface area contributed by atoms with E-state index < -0.39 is 17.7 Å². The summed E-state index contributed by atoms with van der Waals surface area (Å²) >= 11 is 0. The number of benzene rings is 2. The SMILES string of the molecule is Cc1ccc(OC[C@@H](O)CN2C(=O)N[C@@](C)(c3ccc(C(C)C)cc3)C2=O)cc1. The molecule has 0 aliphatic carbocycles. The van der Waals surface area contributed by atoms with Crippen LogP contribution in [0.2, 0.25) is 0 Å². The molecule has 2 aromatic carbocycles. The second-order valence-electron chi connectivity index (χ2n) is 8.03. The maximum atomic E-state index is 13.0. The van der Waals surface area contributed by atoms with E-state index >= 15 is 0 Å². The van der Waals surface area contributed by atoms with Gasteiger partial charge in [0.25, 0.3) is 5.91 Å². The lowest BCUT2D eigenvalue weighted by atomic mass is 9.90. The zero-order valence-corrected chi connectivity index (χ0v) is 17.3. The molecular weight excluding hydrogens is 368 g/mol. The maximum absolute atomic E-state index is 13.0. The van der Waals surface area contributed by atoms with Gasteiger partial charge < -0.3 is 15.2 Å². The average Bonchev–Trinajstić information content (AvgIpc) is 2.91. The largest absolute Gasteiger partial charge is 0.491 e. The van der Waals surface area contributed by atoms with Crippen LogP contribution >= 0.6 is 0 Å². The predicted molar refractivity (Wildman–Crippen MR) is 111 cm³/mol. The number of aryl methyl sites for hydroxylation is 1. The summed E-state index contributed by atoms with van der Waals surface area (Å²) in [4.78, 5) is 26.5. The summed E-state index contributed by atoms with van der Waals surface area (Å²) in [6.45, 7) is 7.72. The summed E-state index contributed by atoms with van der Waals surface area (Å²) in [6, 6.07) is 14.6. The van der Waals surface area contributed by atoms with Crippen LogP contribution in [0, 0.1) is 6.92 Å². The van der Waals surface area contributed by atoms with E-state index in [1.807, 2.05) is 55.5 Å². The van der Waals surface area contributed by atoms with Crippen LogP contribution in [0.15, 0.2) is 48.5 Å². The molecule has 29 heavy (non-hydrogen) atoms. The molecule has 0 unspecified atom stereocenters. The fourth-order valence-corrected chi connectivity index (χ4v) is 3.35. The van der Waals surface area contributed by atoms with Crippen LogP contribution in [0.25, 0.3) is 0 Å². The lowest BCUT2D eigenvalue weighted by Crippen LogP contribution is -2.42. The summed E-state index contributed by atoms with van der Waals surface area (Å²) in [6.07, 6.45) is -0.989. The molecule has 1 saturated heterocycles. The van der Waals surface area contributed by atoms with Crippen molar-refractivity contribution in [2.24, 2.45) is 0 Å². The smallest absolute Gasteiger partial charge is 0.325 e. The van der Waals surface area contributed by atoms with Crippen LogP contribution in [-0.2, 0) is 10.3 Å². The Bertz CT molecular complexity index is 877. The standard InChI is InChI=1S/C23H28N2O4/c1-15(2)17-7-9-18(10-8-17)23(4)21(27)25(22(28)24-23)13-19(26)14-29-20-11-5-16(3)6-12-20/h5-12,15,19,26H,13-14H2,1-4H3,(H,24,28)/t19-,23-/m0/s1. The van der Waals surface area contributed by atoms with Gasteiger partial charge in [0.2, 0.25) is 0 Å². The topological polar surface area (TPSA) is 78.9 Å². The van der Waals surface area contributed by atoms with Gasteiger partial charge in [0.15, 0.2) is 0 Å². The molecule has 0 aromatic heterocycles. The van der Waals surface area contributed by atoms with Crippen LogP contribution in [0.1, 0.15) is 43.4 Å². The fourth-order valence-electron chi connectivity index (χ4n) is 3.35. The second kappa shape index (κ2) is 8.25. The third-order valence-electron chi connectivity index (χ3n) is 5.29. The number of aliphatic hydroxyl groups excluding tert-OH is 1. The summed E-state index contributed by atoms with van der Waals surface area (Å²) in [5.41, 5.74) is 1.84. The monoisotopic (exact) mass is 396 g/mol. The van der Waals surface area contributed by atoms with Gasteiger partial charge in [-0.3, -0.25) is 9.69 Å². The van der Waals surface area contributed by atoms with Gasteiger partial charge in [0.05, 0.1) is 6.54 Å².